The molecule has 2 nitrogen and oxygen atoms in total. The van der Waals surface area contributed by atoms with Crippen LogP contribution in [0, 0.1) is 0 Å². The second-order valence-electron chi connectivity index (χ2n) is 8.67. The lowest BCUT2D eigenvalue weighted by Crippen LogP contribution is -1.96. The number of aromatic nitrogens is 2. The molecule has 7 aromatic rings. The molecule has 0 bridgehead atoms. The Hall–Kier alpha value is -4.30. The average Bonchev–Trinajstić information content (AvgIpc) is 3.37. The van der Waals surface area contributed by atoms with Gasteiger partial charge in [0.05, 0.1) is 16.6 Å². The van der Waals surface area contributed by atoms with Crippen molar-refractivity contribution in [1.82, 2.24) is 9.13 Å². The van der Waals surface area contributed by atoms with Crippen LogP contribution in [-0.4, -0.2) is 9.13 Å². The lowest BCUT2D eigenvalue weighted by Gasteiger charge is -2.09. The highest BCUT2D eigenvalue weighted by atomic mass is 15.0. The summed E-state index contributed by atoms with van der Waals surface area (Å²) in [6.45, 7) is 0. The van der Waals surface area contributed by atoms with Crippen molar-refractivity contribution in [3.63, 3.8) is 0 Å². The summed E-state index contributed by atoms with van der Waals surface area (Å²) in [4.78, 5) is 0. The molecule has 7 rings (SSSR count). The summed E-state index contributed by atoms with van der Waals surface area (Å²) in [6, 6.07) is 41.4. The van der Waals surface area contributed by atoms with Gasteiger partial charge in [0.2, 0.25) is 0 Å². The number of benzene rings is 5. The van der Waals surface area contributed by atoms with E-state index < -0.39 is 0 Å². The summed E-state index contributed by atoms with van der Waals surface area (Å²) < 4.78 is 4.80. The van der Waals surface area contributed by atoms with Crippen molar-refractivity contribution in [3.05, 3.63) is 115 Å². The van der Waals surface area contributed by atoms with Crippen LogP contribution in [-0.2, 0) is 7.05 Å². The Bertz CT molecular complexity index is 1800. The molecule has 0 saturated heterocycles. The van der Waals surface area contributed by atoms with Crippen molar-refractivity contribution in [3.8, 4) is 16.8 Å². The minimum Gasteiger partial charge on any atom is -0.342 e. The van der Waals surface area contributed by atoms with Gasteiger partial charge in [-0.05, 0) is 35.4 Å². The maximum atomic E-state index is 2.42. The molecule has 2 heterocycles. The number of fused-ring (bicyclic) bond motifs is 7. The van der Waals surface area contributed by atoms with Crippen LogP contribution in [0.1, 0.15) is 0 Å². The molecule has 0 N–H and O–H groups in total. The van der Waals surface area contributed by atoms with Crippen molar-refractivity contribution in [1.29, 1.82) is 0 Å². The van der Waals surface area contributed by atoms with Crippen molar-refractivity contribution < 1.29 is 0 Å². The summed E-state index contributed by atoms with van der Waals surface area (Å²) in [5.74, 6) is 0. The number of hydrogen-bond acceptors (Lipinski definition) is 0. The van der Waals surface area contributed by atoms with Gasteiger partial charge in [-0.1, -0.05) is 91.0 Å². The zero-order valence-corrected chi connectivity index (χ0v) is 18.4. The third-order valence-corrected chi connectivity index (χ3v) is 6.92. The maximum absolute atomic E-state index is 2.42. The monoisotopic (exact) mass is 422 g/mol. The molecule has 0 amide bonds. The molecule has 0 aliphatic heterocycles. The molecule has 5 aromatic carbocycles. The number of aryl methyl sites for hydroxylation is 1. The largest absolute Gasteiger partial charge is 0.342 e. The van der Waals surface area contributed by atoms with Gasteiger partial charge >= 0.3 is 0 Å². The van der Waals surface area contributed by atoms with E-state index in [4.69, 9.17) is 0 Å². The zero-order valence-electron chi connectivity index (χ0n) is 18.4. The Labute approximate surface area is 191 Å². The van der Waals surface area contributed by atoms with E-state index in [0.717, 1.165) is 0 Å². The molecular formula is C31H22N2. The lowest BCUT2D eigenvalue weighted by molar-refractivity contribution is 1.01. The van der Waals surface area contributed by atoms with Gasteiger partial charge in [-0.3, -0.25) is 0 Å². The number of hydrogen-bond donors (Lipinski definition) is 0. The highest BCUT2D eigenvalue weighted by Gasteiger charge is 2.20. The first-order valence-corrected chi connectivity index (χ1v) is 11.4. The fourth-order valence-corrected chi connectivity index (χ4v) is 5.51. The van der Waals surface area contributed by atoms with Crippen LogP contribution in [0.3, 0.4) is 0 Å². The Balaban J connectivity index is 1.73. The van der Waals surface area contributed by atoms with E-state index in [1.807, 2.05) is 0 Å². The second-order valence-corrected chi connectivity index (χ2v) is 8.67. The second kappa shape index (κ2) is 6.85. The first-order chi connectivity index (χ1) is 16.3. The Morgan fingerprint density at radius 3 is 1.97 bits per heavy atom. The highest BCUT2D eigenvalue weighted by molar-refractivity contribution is 6.25. The molecule has 0 aliphatic rings. The summed E-state index contributed by atoms with van der Waals surface area (Å²) >= 11 is 0. The van der Waals surface area contributed by atoms with Gasteiger partial charge in [0.1, 0.15) is 0 Å². The Kier molecular flexibility index (Phi) is 3.80. The van der Waals surface area contributed by atoms with E-state index in [-0.39, 0.29) is 0 Å². The van der Waals surface area contributed by atoms with Crippen LogP contribution in [0.25, 0.3) is 60.4 Å². The molecule has 0 spiro atoms. The number of para-hydroxylation sites is 2. The maximum Gasteiger partial charge on any atom is 0.0785 e. The molecule has 0 atom stereocenters. The standard InChI is InChI=1S/C31H22N2/c1-32-28-18-10-16-23(21-11-4-2-5-12-21)29(28)26-20-19-25-24-15-8-9-17-27(24)33(31(25)30(26)32)22-13-6-3-7-14-22/h2-20H,1H3. The highest BCUT2D eigenvalue weighted by Crippen LogP contribution is 2.42. The predicted molar refractivity (Wildman–Crippen MR) is 140 cm³/mol. The van der Waals surface area contributed by atoms with E-state index in [2.05, 4.69) is 131 Å². The molecule has 156 valence electrons. The van der Waals surface area contributed by atoms with Gasteiger partial charge < -0.3 is 9.13 Å². The summed E-state index contributed by atoms with van der Waals surface area (Å²) in [6.07, 6.45) is 0. The van der Waals surface area contributed by atoms with E-state index in [1.54, 1.807) is 0 Å². The number of rotatable bonds is 2. The van der Waals surface area contributed by atoms with Crippen LogP contribution in [0.5, 0.6) is 0 Å². The van der Waals surface area contributed by atoms with E-state index >= 15 is 0 Å². The molecule has 0 unspecified atom stereocenters. The summed E-state index contributed by atoms with van der Waals surface area (Å²) in [5, 5.41) is 5.17. The fourth-order valence-electron chi connectivity index (χ4n) is 5.51. The summed E-state index contributed by atoms with van der Waals surface area (Å²) in [7, 11) is 2.20. The molecule has 0 fully saturated rings. The van der Waals surface area contributed by atoms with Crippen molar-refractivity contribution >= 4 is 43.6 Å². The van der Waals surface area contributed by atoms with E-state index in [0.29, 0.717) is 0 Å². The predicted octanol–water partition coefficient (Wildman–Crippen LogP) is 8.10. The first kappa shape index (κ1) is 18.3. The minimum absolute atomic E-state index is 1.18. The van der Waals surface area contributed by atoms with Gasteiger partial charge in [-0.2, -0.15) is 0 Å². The van der Waals surface area contributed by atoms with Gasteiger partial charge in [-0.25, -0.2) is 0 Å². The van der Waals surface area contributed by atoms with E-state index in [1.165, 1.54) is 60.4 Å². The third-order valence-electron chi connectivity index (χ3n) is 6.92. The normalized spacial score (nSPS) is 11.8. The molecule has 0 aliphatic carbocycles. The Morgan fingerprint density at radius 2 is 1.15 bits per heavy atom. The smallest absolute Gasteiger partial charge is 0.0785 e. The molecule has 0 radical (unpaired) electrons. The number of nitrogens with zero attached hydrogens (tertiary/aromatic N) is 2. The lowest BCUT2D eigenvalue weighted by atomic mass is 9.99. The van der Waals surface area contributed by atoms with Crippen molar-refractivity contribution in [2.75, 3.05) is 0 Å². The Morgan fingerprint density at radius 1 is 0.485 bits per heavy atom. The third kappa shape index (κ3) is 2.49. The van der Waals surface area contributed by atoms with Gasteiger partial charge in [0.15, 0.2) is 0 Å². The SMILES string of the molecule is Cn1c2cccc(-c3ccccc3)c2c2ccc3c4ccccc4n(-c4ccccc4)c3c21. The fraction of sp³-hybridized carbons (Fsp3) is 0.0323. The van der Waals surface area contributed by atoms with Crippen molar-refractivity contribution in [2.24, 2.45) is 7.05 Å². The molecule has 2 aromatic heterocycles. The van der Waals surface area contributed by atoms with Crippen LogP contribution in [0.4, 0.5) is 0 Å². The van der Waals surface area contributed by atoms with Crippen LogP contribution in [0.15, 0.2) is 115 Å². The van der Waals surface area contributed by atoms with Crippen LogP contribution in [0.2, 0.25) is 0 Å². The van der Waals surface area contributed by atoms with Crippen molar-refractivity contribution in [2.45, 2.75) is 0 Å². The first-order valence-electron chi connectivity index (χ1n) is 11.4. The molecular weight excluding hydrogens is 400 g/mol. The minimum atomic E-state index is 1.18. The van der Waals surface area contributed by atoms with Crippen LogP contribution < -0.4 is 0 Å². The zero-order chi connectivity index (χ0) is 21.9. The quantitative estimate of drug-likeness (QED) is 0.266. The van der Waals surface area contributed by atoms with E-state index in [9.17, 15) is 0 Å². The van der Waals surface area contributed by atoms with Gasteiger partial charge in [0.25, 0.3) is 0 Å². The molecule has 33 heavy (non-hydrogen) atoms. The van der Waals surface area contributed by atoms with Crippen LogP contribution >= 0.6 is 0 Å². The van der Waals surface area contributed by atoms with Gasteiger partial charge in [0, 0.05) is 39.8 Å². The summed E-state index contributed by atoms with van der Waals surface area (Å²) in [5.41, 5.74) is 8.73. The molecule has 2 heteroatoms. The molecule has 0 saturated carbocycles. The topological polar surface area (TPSA) is 9.86 Å². The average molecular weight is 423 g/mol. The van der Waals surface area contributed by atoms with Gasteiger partial charge in [-0.15, -0.1) is 0 Å².